The van der Waals surface area contributed by atoms with Crippen LogP contribution in [0.15, 0.2) is 0 Å². The van der Waals surface area contributed by atoms with Crippen molar-refractivity contribution >= 4 is 11.9 Å². The lowest BCUT2D eigenvalue weighted by Gasteiger charge is -1.98. The molecule has 0 N–H and O–H groups in total. The van der Waals surface area contributed by atoms with Gasteiger partial charge in [0.1, 0.15) is 6.10 Å². The number of methoxy groups -OCH3 is 1. The SMILES string of the molecule is COC(=O)C1CC1OC(C)=O. The molecule has 2 unspecified atom stereocenters. The van der Waals surface area contributed by atoms with Gasteiger partial charge >= 0.3 is 11.9 Å². The second-order valence-electron chi connectivity index (χ2n) is 2.51. The van der Waals surface area contributed by atoms with Gasteiger partial charge in [-0.3, -0.25) is 9.59 Å². The van der Waals surface area contributed by atoms with Crippen molar-refractivity contribution in [3.05, 3.63) is 0 Å². The number of hydrogen-bond acceptors (Lipinski definition) is 4. The van der Waals surface area contributed by atoms with E-state index in [1.807, 2.05) is 0 Å². The van der Waals surface area contributed by atoms with Crippen LogP contribution in [-0.2, 0) is 19.1 Å². The van der Waals surface area contributed by atoms with Gasteiger partial charge in [0.25, 0.3) is 0 Å². The lowest BCUT2D eigenvalue weighted by atomic mass is 10.4. The Balaban J connectivity index is 2.26. The zero-order valence-corrected chi connectivity index (χ0v) is 6.49. The van der Waals surface area contributed by atoms with Gasteiger partial charge in [-0.05, 0) is 0 Å². The molecule has 0 aromatic rings. The van der Waals surface area contributed by atoms with Crippen LogP contribution in [-0.4, -0.2) is 25.2 Å². The molecule has 0 radical (unpaired) electrons. The van der Waals surface area contributed by atoms with E-state index in [0.717, 1.165) is 0 Å². The van der Waals surface area contributed by atoms with Crippen LogP contribution in [0.25, 0.3) is 0 Å². The molecule has 0 saturated heterocycles. The number of carbonyl (C=O) groups is 2. The molecule has 0 spiro atoms. The molecule has 1 saturated carbocycles. The van der Waals surface area contributed by atoms with Crippen LogP contribution in [0.3, 0.4) is 0 Å². The summed E-state index contributed by atoms with van der Waals surface area (Å²) in [6, 6.07) is 0. The highest BCUT2D eigenvalue weighted by molar-refractivity contribution is 5.77. The van der Waals surface area contributed by atoms with E-state index >= 15 is 0 Å². The molecule has 1 aliphatic rings. The molecular weight excluding hydrogens is 148 g/mol. The maximum Gasteiger partial charge on any atom is 0.312 e. The molecule has 2 atom stereocenters. The third kappa shape index (κ3) is 1.93. The summed E-state index contributed by atoms with van der Waals surface area (Å²) in [4.78, 5) is 21.1. The predicted molar refractivity (Wildman–Crippen MR) is 35.7 cm³/mol. The average Bonchev–Trinajstić information content (AvgIpc) is 2.65. The highest BCUT2D eigenvalue weighted by Gasteiger charge is 2.46. The zero-order chi connectivity index (χ0) is 8.43. The van der Waals surface area contributed by atoms with Gasteiger partial charge in [0.05, 0.1) is 13.0 Å². The van der Waals surface area contributed by atoms with Crippen LogP contribution in [0.5, 0.6) is 0 Å². The molecule has 0 amide bonds. The average molecular weight is 158 g/mol. The van der Waals surface area contributed by atoms with Crippen molar-refractivity contribution in [1.82, 2.24) is 0 Å². The highest BCUT2D eigenvalue weighted by atomic mass is 16.6. The van der Waals surface area contributed by atoms with Crippen molar-refractivity contribution in [2.24, 2.45) is 5.92 Å². The molecule has 62 valence electrons. The number of carbonyl (C=O) groups excluding carboxylic acids is 2. The molecule has 1 aliphatic carbocycles. The fourth-order valence-corrected chi connectivity index (χ4v) is 0.915. The van der Waals surface area contributed by atoms with Gasteiger partial charge in [-0.25, -0.2) is 0 Å². The Morgan fingerprint density at radius 2 is 2.09 bits per heavy atom. The second kappa shape index (κ2) is 2.90. The van der Waals surface area contributed by atoms with Gasteiger partial charge in [-0.1, -0.05) is 0 Å². The molecule has 4 heteroatoms. The summed E-state index contributed by atoms with van der Waals surface area (Å²) in [7, 11) is 1.32. The maximum absolute atomic E-state index is 10.8. The van der Waals surface area contributed by atoms with Gasteiger partial charge in [0.2, 0.25) is 0 Å². The van der Waals surface area contributed by atoms with Crippen LogP contribution in [0.2, 0.25) is 0 Å². The Morgan fingerprint density at radius 1 is 1.45 bits per heavy atom. The van der Waals surface area contributed by atoms with Crippen LogP contribution in [0, 0.1) is 5.92 Å². The van der Waals surface area contributed by atoms with E-state index in [1.54, 1.807) is 0 Å². The quantitative estimate of drug-likeness (QED) is 0.535. The van der Waals surface area contributed by atoms with Gasteiger partial charge < -0.3 is 9.47 Å². The summed E-state index contributed by atoms with van der Waals surface area (Å²) < 4.78 is 9.21. The predicted octanol–water partition coefficient (Wildman–Crippen LogP) is 0.111. The summed E-state index contributed by atoms with van der Waals surface area (Å²) in [5.74, 6) is -0.860. The summed E-state index contributed by atoms with van der Waals surface area (Å²) in [6.07, 6.45) is 0.367. The minimum Gasteiger partial charge on any atom is -0.469 e. The lowest BCUT2D eigenvalue weighted by molar-refractivity contribution is -0.147. The van der Waals surface area contributed by atoms with Gasteiger partial charge in [-0.2, -0.15) is 0 Å². The van der Waals surface area contributed by atoms with Gasteiger partial charge in [0, 0.05) is 13.3 Å². The number of hydrogen-bond donors (Lipinski definition) is 0. The Bertz CT molecular complexity index is 187. The standard InChI is InChI=1S/C7H10O4/c1-4(8)11-6-3-5(6)7(9)10-2/h5-6H,3H2,1-2H3. The topological polar surface area (TPSA) is 52.6 Å². The molecule has 1 fully saturated rings. The first-order valence-electron chi connectivity index (χ1n) is 3.40. The van der Waals surface area contributed by atoms with E-state index in [-0.39, 0.29) is 24.0 Å². The lowest BCUT2D eigenvalue weighted by Crippen LogP contribution is -2.10. The molecule has 0 aromatic heterocycles. The highest BCUT2D eigenvalue weighted by Crippen LogP contribution is 2.34. The summed E-state index contributed by atoms with van der Waals surface area (Å²) >= 11 is 0. The van der Waals surface area contributed by atoms with Crippen molar-refractivity contribution in [3.63, 3.8) is 0 Å². The fourth-order valence-electron chi connectivity index (χ4n) is 0.915. The number of rotatable bonds is 2. The molecular formula is C7H10O4. The summed E-state index contributed by atoms with van der Waals surface area (Å²) in [6.45, 7) is 1.33. The first-order valence-corrected chi connectivity index (χ1v) is 3.40. The van der Waals surface area contributed by atoms with Crippen molar-refractivity contribution in [2.75, 3.05) is 7.11 Å². The van der Waals surface area contributed by atoms with E-state index < -0.39 is 0 Å². The second-order valence-corrected chi connectivity index (χ2v) is 2.51. The number of ether oxygens (including phenoxy) is 2. The Hall–Kier alpha value is -1.06. The van der Waals surface area contributed by atoms with Crippen molar-refractivity contribution in [3.8, 4) is 0 Å². The Morgan fingerprint density at radius 3 is 2.55 bits per heavy atom. The van der Waals surface area contributed by atoms with Crippen LogP contribution in [0.4, 0.5) is 0 Å². The minimum atomic E-state index is -0.346. The molecule has 0 bridgehead atoms. The van der Waals surface area contributed by atoms with E-state index in [2.05, 4.69) is 4.74 Å². The summed E-state index contributed by atoms with van der Waals surface area (Å²) in [5, 5.41) is 0. The van der Waals surface area contributed by atoms with Crippen LogP contribution < -0.4 is 0 Å². The van der Waals surface area contributed by atoms with Gasteiger partial charge in [0.15, 0.2) is 0 Å². The van der Waals surface area contributed by atoms with Crippen molar-refractivity contribution in [1.29, 1.82) is 0 Å². The third-order valence-electron chi connectivity index (χ3n) is 1.55. The van der Waals surface area contributed by atoms with E-state index in [4.69, 9.17) is 4.74 Å². The van der Waals surface area contributed by atoms with E-state index in [0.29, 0.717) is 6.42 Å². The smallest absolute Gasteiger partial charge is 0.312 e. The summed E-state index contributed by atoms with van der Waals surface area (Å²) in [5.41, 5.74) is 0. The first kappa shape index (κ1) is 8.04. The van der Waals surface area contributed by atoms with E-state index in [1.165, 1.54) is 14.0 Å². The molecule has 0 aliphatic heterocycles. The Kier molecular flexibility index (Phi) is 2.12. The molecule has 0 heterocycles. The molecule has 4 nitrogen and oxygen atoms in total. The van der Waals surface area contributed by atoms with Crippen molar-refractivity contribution < 1.29 is 19.1 Å². The third-order valence-corrected chi connectivity index (χ3v) is 1.55. The fraction of sp³-hybridized carbons (Fsp3) is 0.714. The minimum absolute atomic E-state index is 0.219. The molecule has 1 rings (SSSR count). The first-order chi connectivity index (χ1) is 5.15. The molecule has 0 aromatic carbocycles. The zero-order valence-electron chi connectivity index (χ0n) is 6.49. The Labute approximate surface area is 64.5 Å². The van der Waals surface area contributed by atoms with Gasteiger partial charge in [-0.15, -0.1) is 0 Å². The monoisotopic (exact) mass is 158 g/mol. The maximum atomic E-state index is 10.8. The van der Waals surface area contributed by atoms with Crippen molar-refractivity contribution in [2.45, 2.75) is 19.4 Å². The largest absolute Gasteiger partial charge is 0.469 e. The van der Waals surface area contributed by atoms with Crippen LogP contribution >= 0.6 is 0 Å². The van der Waals surface area contributed by atoms with Crippen LogP contribution in [0.1, 0.15) is 13.3 Å². The molecule has 11 heavy (non-hydrogen) atoms. The van der Waals surface area contributed by atoms with E-state index in [9.17, 15) is 9.59 Å². The normalized spacial score (nSPS) is 27.5. The number of esters is 2.